The lowest BCUT2D eigenvalue weighted by molar-refractivity contribution is 0.530. The van der Waals surface area contributed by atoms with Gasteiger partial charge in [-0.25, -0.2) is 10.8 Å². The van der Waals surface area contributed by atoms with Gasteiger partial charge in [0.2, 0.25) is 5.95 Å². The van der Waals surface area contributed by atoms with Gasteiger partial charge in [-0.05, 0) is 34.7 Å². The first-order chi connectivity index (χ1) is 9.11. The van der Waals surface area contributed by atoms with Crippen LogP contribution in [0, 0.1) is 5.92 Å². The van der Waals surface area contributed by atoms with Gasteiger partial charge in [0.15, 0.2) is 0 Å². The van der Waals surface area contributed by atoms with Crippen LogP contribution in [0.4, 0.5) is 11.8 Å². The number of hydrogen-bond acceptors (Lipinski definition) is 5. The van der Waals surface area contributed by atoms with Crippen LogP contribution in [0.25, 0.3) is 0 Å². The lowest BCUT2D eigenvalue weighted by Crippen LogP contribution is -2.37. The van der Waals surface area contributed by atoms with E-state index in [9.17, 15) is 0 Å². The summed E-state index contributed by atoms with van der Waals surface area (Å²) in [6.45, 7) is 5.47. The zero-order valence-electron chi connectivity index (χ0n) is 11.6. The van der Waals surface area contributed by atoms with Crippen molar-refractivity contribution in [2.45, 2.75) is 45.6 Å². The molecule has 0 amide bonds. The Labute approximate surface area is 123 Å². The first-order valence-corrected chi connectivity index (χ1v) is 7.67. The Balaban J connectivity index is 2.30. The molecule has 3 N–H and O–H groups in total. The van der Waals surface area contributed by atoms with Gasteiger partial charge in [0.05, 0.1) is 4.47 Å². The predicted molar refractivity (Wildman–Crippen MR) is 82.0 cm³/mol. The topological polar surface area (TPSA) is 67.1 Å². The molecule has 0 unspecified atom stereocenters. The fourth-order valence-electron chi connectivity index (χ4n) is 2.65. The van der Waals surface area contributed by atoms with Gasteiger partial charge >= 0.3 is 0 Å². The predicted octanol–water partition coefficient (Wildman–Crippen LogP) is 2.93. The number of hydrogen-bond donors (Lipinski definition) is 2. The molecule has 1 heterocycles. The van der Waals surface area contributed by atoms with Gasteiger partial charge in [-0.15, -0.1) is 0 Å². The summed E-state index contributed by atoms with van der Waals surface area (Å²) in [5.74, 6) is 7.42. The smallest absolute Gasteiger partial charge is 0.239 e. The van der Waals surface area contributed by atoms with Crippen LogP contribution in [-0.2, 0) is 0 Å². The molecule has 1 fully saturated rings. The molecule has 0 aliphatic heterocycles. The fourth-order valence-corrected chi connectivity index (χ4v) is 3.07. The van der Waals surface area contributed by atoms with Crippen LogP contribution in [0.15, 0.2) is 10.7 Å². The molecule has 0 radical (unpaired) electrons. The second kappa shape index (κ2) is 6.52. The summed E-state index contributed by atoms with van der Waals surface area (Å²) in [5, 5.41) is 0. The van der Waals surface area contributed by atoms with E-state index in [1.165, 1.54) is 25.7 Å². The number of aromatic nitrogens is 2. The van der Waals surface area contributed by atoms with E-state index in [0.717, 1.165) is 16.8 Å². The molecule has 1 aromatic rings. The molecular formula is C13H22BrN5. The van der Waals surface area contributed by atoms with E-state index in [2.05, 4.69) is 50.1 Å². The van der Waals surface area contributed by atoms with Crippen LogP contribution in [0.3, 0.4) is 0 Å². The molecule has 1 aliphatic rings. The standard InChI is InChI=1S/C13H22BrN5/c1-9(2)8-19(10-5-3-4-6-10)12-11(14)7-16-13(17-12)18-15/h7,9-10H,3-6,8,15H2,1-2H3,(H,16,17,18). The summed E-state index contributed by atoms with van der Waals surface area (Å²) in [4.78, 5) is 11.1. The largest absolute Gasteiger partial charge is 0.352 e. The van der Waals surface area contributed by atoms with Gasteiger partial charge in [-0.2, -0.15) is 4.98 Å². The minimum atomic E-state index is 0.463. The van der Waals surface area contributed by atoms with E-state index < -0.39 is 0 Å². The molecule has 1 aliphatic carbocycles. The van der Waals surface area contributed by atoms with Crippen molar-refractivity contribution in [2.24, 2.45) is 11.8 Å². The third kappa shape index (κ3) is 3.57. The Morgan fingerprint density at radius 2 is 2.16 bits per heavy atom. The van der Waals surface area contributed by atoms with Crippen molar-refractivity contribution in [2.75, 3.05) is 16.9 Å². The van der Waals surface area contributed by atoms with E-state index in [1.54, 1.807) is 6.20 Å². The lowest BCUT2D eigenvalue weighted by atomic mass is 10.1. The highest BCUT2D eigenvalue weighted by Crippen LogP contribution is 2.32. The number of nitrogens with one attached hydrogen (secondary N) is 1. The lowest BCUT2D eigenvalue weighted by Gasteiger charge is -2.32. The van der Waals surface area contributed by atoms with E-state index in [0.29, 0.717) is 17.9 Å². The Morgan fingerprint density at radius 1 is 1.47 bits per heavy atom. The summed E-state index contributed by atoms with van der Waals surface area (Å²) in [6.07, 6.45) is 6.87. The normalized spacial score (nSPS) is 16.1. The Bertz CT molecular complexity index is 417. The van der Waals surface area contributed by atoms with Crippen molar-refractivity contribution in [3.8, 4) is 0 Å². The molecule has 19 heavy (non-hydrogen) atoms. The summed E-state index contributed by atoms with van der Waals surface area (Å²) < 4.78 is 0.930. The van der Waals surface area contributed by atoms with Crippen molar-refractivity contribution in [3.05, 3.63) is 10.7 Å². The van der Waals surface area contributed by atoms with Crippen molar-refractivity contribution >= 4 is 27.7 Å². The van der Waals surface area contributed by atoms with Gasteiger partial charge < -0.3 is 4.90 Å². The number of nitrogens with zero attached hydrogens (tertiary/aromatic N) is 3. The second-order valence-corrected chi connectivity index (χ2v) is 6.35. The zero-order valence-corrected chi connectivity index (χ0v) is 13.2. The van der Waals surface area contributed by atoms with Gasteiger partial charge in [0.1, 0.15) is 5.82 Å². The van der Waals surface area contributed by atoms with Gasteiger partial charge in [0.25, 0.3) is 0 Å². The van der Waals surface area contributed by atoms with Crippen molar-refractivity contribution < 1.29 is 0 Å². The van der Waals surface area contributed by atoms with Crippen LogP contribution >= 0.6 is 15.9 Å². The third-order valence-corrected chi connectivity index (χ3v) is 4.01. The highest BCUT2D eigenvalue weighted by Gasteiger charge is 2.26. The van der Waals surface area contributed by atoms with Crippen molar-refractivity contribution in [1.29, 1.82) is 0 Å². The maximum absolute atomic E-state index is 5.41. The van der Waals surface area contributed by atoms with E-state index in [4.69, 9.17) is 5.84 Å². The maximum Gasteiger partial charge on any atom is 0.239 e. The molecule has 1 saturated carbocycles. The zero-order chi connectivity index (χ0) is 13.8. The number of anilines is 2. The second-order valence-electron chi connectivity index (χ2n) is 5.49. The highest BCUT2D eigenvalue weighted by molar-refractivity contribution is 9.10. The van der Waals surface area contributed by atoms with Gasteiger partial charge in [-0.1, -0.05) is 26.7 Å². The van der Waals surface area contributed by atoms with Crippen LogP contribution in [0.1, 0.15) is 39.5 Å². The molecule has 1 aromatic heterocycles. The number of nitrogen functional groups attached to an aromatic ring is 1. The molecule has 2 rings (SSSR count). The SMILES string of the molecule is CC(C)CN(c1nc(NN)ncc1Br)C1CCCC1. The summed E-state index contributed by atoms with van der Waals surface area (Å²) in [5.41, 5.74) is 2.52. The third-order valence-electron chi connectivity index (χ3n) is 3.45. The Kier molecular flexibility index (Phi) is 4.99. The first-order valence-electron chi connectivity index (χ1n) is 6.87. The van der Waals surface area contributed by atoms with E-state index in [-0.39, 0.29) is 0 Å². The Morgan fingerprint density at radius 3 is 2.74 bits per heavy atom. The number of rotatable bonds is 5. The van der Waals surface area contributed by atoms with Crippen LogP contribution < -0.4 is 16.2 Å². The number of hydrazine groups is 1. The first kappa shape index (κ1) is 14.5. The molecular weight excluding hydrogens is 306 g/mol. The van der Waals surface area contributed by atoms with Gasteiger partial charge in [0, 0.05) is 18.8 Å². The minimum Gasteiger partial charge on any atom is -0.352 e. The quantitative estimate of drug-likeness (QED) is 0.643. The summed E-state index contributed by atoms with van der Waals surface area (Å²) in [7, 11) is 0. The molecule has 0 saturated heterocycles. The highest BCUT2D eigenvalue weighted by atomic mass is 79.9. The molecule has 0 bridgehead atoms. The molecule has 0 atom stereocenters. The monoisotopic (exact) mass is 327 g/mol. The fraction of sp³-hybridized carbons (Fsp3) is 0.692. The number of nitrogens with two attached hydrogens (primary N) is 1. The maximum atomic E-state index is 5.41. The average molecular weight is 328 g/mol. The van der Waals surface area contributed by atoms with Crippen LogP contribution in [-0.4, -0.2) is 22.6 Å². The van der Waals surface area contributed by atoms with Crippen molar-refractivity contribution in [1.82, 2.24) is 9.97 Å². The molecule has 0 aromatic carbocycles. The van der Waals surface area contributed by atoms with Crippen LogP contribution in [0.2, 0.25) is 0 Å². The summed E-state index contributed by atoms with van der Waals surface area (Å²) in [6, 6.07) is 0.583. The van der Waals surface area contributed by atoms with Gasteiger partial charge in [-0.3, -0.25) is 5.43 Å². The molecule has 106 valence electrons. The molecule has 5 nitrogen and oxygen atoms in total. The molecule has 6 heteroatoms. The minimum absolute atomic E-state index is 0.463. The summed E-state index contributed by atoms with van der Waals surface area (Å²) >= 11 is 3.56. The molecule has 0 spiro atoms. The average Bonchev–Trinajstić information content (AvgIpc) is 2.90. The van der Waals surface area contributed by atoms with Crippen LogP contribution in [0.5, 0.6) is 0 Å². The van der Waals surface area contributed by atoms with E-state index >= 15 is 0 Å². The number of halogens is 1. The van der Waals surface area contributed by atoms with Crippen molar-refractivity contribution in [3.63, 3.8) is 0 Å². The Hall–Kier alpha value is -0.880. The van der Waals surface area contributed by atoms with E-state index in [1.807, 2.05) is 0 Å².